The van der Waals surface area contributed by atoms with Gasteiger partial charge in [0.05, 0.1) is 0 Å². The summed E-state index contributed by atoms with van der Waals surface area (Å²) in [5.74, 6) is 0. The molecule has 0 aromatic carbocycles. The van der Waals surface area contributed by atoms with Gasteiger partial charge < -0.3 is 5.11 Å². The highest BCUT2D eigenvalue weighted by Gasteiger charge is 2.31. The number of rotatable bonds is 0. The third-order valence-electron chi connectivity index (χ3n) is 1.46. The van der Waals surface area contributed by atoms with Gasteiger partial charge in [-0.05, 0) is 6.92 Å². The maximum atomic E-state index is 9.02. The van der Waals surface area contributed by atoms with Crippen LogP contribution in [0.1, 0.15) is 27.7 Å². The average Bonchev–Trinajstić information content (AvgIpc) is 1.25. The Labute approximate surface area is 50.7 Å². The first kappa shape index (κ1) is 7.92. The van der Waals surface area contributed by atoms with Crippen LogP contribution in [0.3, 0.4) is 0 Å². The van der Waals surface area contributed by atoms with Gasteiger partial charge in [0, 0.05) is 5.41 Å². The molecule has 1 radical (unpaired) electrons. The Morgan fingerprint density at radius 2 is 1.25 bits per heavy atom. The molecular formula is C6H14NO. The maximum absolute atomic E-state index is 9.02. The molecule has 2 N–H and O–H groups in total. The number of nitrogens with one attached hydrogen (secondary N) is 1. The van der Waals surface area contributed by atoms with Gasteiger partial charge in [0.15, 0.2) is 0 Å². The Balaban J connectivity index is 4.02. The number of hydrogen-bond acceptors (Lipinski definition) is 1. The van der Waals surface area contributed by atoms with Crippen molar-refractivity contribution < 1.29 is 5.11 Å². The van der Waals surface area contributed by atoms with Crippen molar-refractivity contribution in [1.82, 2.24) is 5.73 Å². The van der Waals surface area contributed by atoms with Crippen molar-refractivity contribution in [2.24, 2.45) is 5.41 Å². The minimum Gasteiger partial charge on any atom is -0.374 e. The van der Waals surface area contributed by atoms with Crippen molar-refractivity contribution in [2.45, 2.75) is 33.4 Å². The molecule has 0 bridgehead atoms. The van der Waals surface area contributed by atoms with Crippen LogP contribution in [0, 0.1) is 5.41 Å². The van der Waals surface area contributed by atoms with E-state index in [1.54, 1.807) is 0 Å². The van der Waals surface area contributed by atoms with Crippen LogP contribution < -0.4 is 5.73 Å². The molecule has 0 saturated heterocycles. The molecule has 0 fully saturated rings. The van der Waals surface area contributed by atoms with Crippen LogP contribution in [-0.2, 0) is 0 Å². The van der Waals surface area contributed by atoms with Gasteiger partial charge in [0.2, 0.25) is 0 Å². The van der Waals surface area contributed by atoms with Crippen molar-refractivity contribution in [3.05, 3.63) is 0 Å². The maximum Gasteiger partial charge on any atom is 0.130 e. The summed E-state index contributed by atoms with van der Waals surface area (Å²) in [5, 5.41) is 9.02. The minimum absolute atomic E-state index is 0.340. The first-order valence-corrected chi connectivity index (χ1v) is 2.72. The van der Waals surface area contributed by atoms with E-state index in [0.29, 0.717) is 0 Å². The van der Waals surface area contributed by atoms with Gasteiger partial charge in [-0.15, -0.1) is 0 Å². The van der Waals surface area contributed by atoms with E-state index < -0.39 is 5.72 Å². The van der Waals surface area contributed by atoms with E-state index in [-0.39, 0.29) is 5.41 Å². The summed E-state index contributed by atoms with van der Waals surface area (Å²) < 4.78 is 0. The van der Waals surface area contributed by atoms with Crippen LogP contribution in [0.15, 0.2) is 0 Å². The summed E-state index contributed by atoms with van der Waals surface area (Å²) in [6.07, 6.45) is 0. The lowest BCUT2D eigenvalue weighted by atomic mass is 9.85. The fourth-order valence-electron chi connectivity index (χ4n) is 0. The van der Waals surface area contributed by atoms with Crippen molar-refractivity contribution in [3.8, 4) is 0 Å². The lowest BCUT2D eigenvalue weighted by Crippen LogP contribution is -2.40. The van der Waals surface area contributed by atoms with Gasteiger partial charge >= 0.3 is 0 Å². The number of aliphatic hydroxyl groups is 1. The van der Waals surface area contributed by atoms with Gasteiger partial charge in [0.25, 0.3) is 0 Å². The zero-order chi connectivity index (χ0) is 7.00. The van der Waals surface area contributed by atoms with Gasteiger partial charge in [0.1, 0.15) is 5.72 Å². The topological polar surface area (TPSA) is 44.0 Å². The van der Waals surface area contributed by atoms with E-state index in [0.717, 1.165) is 0 Å². The Bertz CT molecular complexity index is 63.5. The van der Waals surface area contributed by atoms with Crippen molar-refractivity contribution in [1.29, 1.82) is 0 Å². The molecule has 8 heavy (non-hydrogen) atoms. The highest BCUT2D eigenvalue weighted by atomic mass is 16.3. The summed E-state index contributed by atoms with van der Waals surface area (Å²) in [4.78, 5) is 0. The summed E-state index contributed by atoms with van der Waals surface area (Å²) in [7, 11) is 0. The normalized spacial score (nSPS) is 20.2. The predicted molar refractivity (Wildman–Crippen MR) is 33.2 cm³/mol. The van der Waals surface area contributed by atoms with E-state index in [9.17, 15) is 0 Å². The van der Waals surface area contributed by atoms with E-state index in [2.05, 4.69) is 0 Å². The van der Waals surface area contributed by atoms with Crippen molar-refractivity contribution in [2.75, 3.05) is 0 Å². The molecular weight excluding hydrogens is 102 g/mol. The van der Waals surface area contributed by atoms with Crippen molar-refractivity contribution >= 4 is 0 Å². The van der Waals surface area contributed by atoms with Crippen LogP contribution in [0.25, 0.3) is 0 Å². The molecule has 1 unspecified atom stereocenters. The molecule has 49 valence electrons. The first-order chi connectivity index (χ1) is 3.25. The fourth-order valence-corrected chi connectivity index (χ4v) is 0. The molecule has 0 aliphatic heterocycles. The Morgan fingerprint density at radius 3 is 1.25 bits per heavy atom. The molecule has 2 heteroatoms. The van der Waals surface area contributed by atoms with E-state index in [1.807, 2.05) is 20.8 Å². The second-order valence-electron chi connectivity index (χ2n) is 3.32. The van der Waals surface area contributed by atoms with E-state index in [1.165, 1.54) is 6.92 Å². The molecule has 0 spiro atoms. The van der Waals surface area contributed by atoms with E-state index in [4.69, 9.17) is 10.8 Å². The lowest BCUT2D eigenvalue weighted by molar-refractivity contribution is -0.0425. The third-order valence-corrected chi connectivity index (χ3v) is 1.46. The van der Waals surface area contributed by atoms with Crippen LogP contribution in [-0.4, -0.2) is 10.8 Å². The monoisotopic (exact) mass is 116 g/mol. The summed E-state index contributed by atoms with van der Waals surface area (Å²) in [5.41, 5.74) is 5.49. The molecule has 1 atom stereocenters. The summed E-state index contributed by atoms with van der Waals surface area (Å²) in [6, 6.07) is 0. The summed E-state index contributed by atoms with van der Waals surface area (Å²) >= 11 is 0. The van der Waals surface area contributed by atoms with Crippen LogP contribution >= 0.6 is 0 Å². The molecule has 0 aliphatic carbocycles. The molecule has 0 aliphatic rings. The second kappa shape index (κ2) is 1.71. The number of hydrogen-bond donors (Lipinski definition) is 1. The van der Waals surface area contributed by atoms with Crippen LogP contribution in [0.4, 0.5) is 0 Å². The molecule has 0 aromatic heterocycles. The Morgan fingerprint density at radius 1 is 1.12 bits per heavy atom. The van der Waals surface area contributed by atoms with Crippen LogP contribution in [0.5, 0.6) is 0 Å². The first-order valence-electron chi connectivity index (χ1n) is 2.72. The largest absolute Gasteiger partial charge is 0.374 e. The molecule has 2 nitrogen and oxygen atoms in total. The van der Waals surface area contributed by atoms with Crippen molar-refractivity contribution in [3.63, 3.8) is 0 Å². The SMILES string of the molecule is CC(C)(C)C(C)([NH])O. The summed E-state index contributed by atoms with van der Waals surface area (Å²) in [6.45, 7) is 6.99. The van der Waals surface area contributed by atoms with Gasteiger partial charge in [-0.2, -0.15) is 0 Å². The Hall–Kier alpha value is -0.0800. The fraction of sp³-hybridized carbons (Fsp3) is 1.00. The van der Waals surface area contributed by atoms with Gasteiger partial charge in [-0.3, -0.25) is 0 Å². The highest BCUT2D eigenvalue weighted by Crippen LogP contribution is 2.25. The van der Waals surface area contributed by atoms with Gasteiger partial charge in [-0.25, -0.2) is 5.73 Å². The second-order valence-corrected chi connectivity index (χ2v) is 3.32. The minimum atomic E-state index is -1.31. The zero-order valence-electron chi connectivity index (χ0n) is 5.95. The molecule has 0 amide bonds. The van der Waals surface area contributed by atoms with E-state index >= 15 is 0 Å². The third kappa shape index (κ3) is 1.80. The van der Waals surface area contributed by atoms with Crippen LogP contribution in [0.2, 0.25) is 0 Å². The average molecular weight is 116 g/mol. The Kier molecular flexibility index (Phi) is 1.69. The van der Waals surface area contributed by atoms with Gasteiger partial charge in [-0.1, -0.05) is 20.8 Å². The highest BCUT2D eigenvalue weighted by molar-refractivity contribution is 4.78. The quantitative estimate of drug-likeness (QED) is 0.504. The lowest BCUT2D eigenvalue weighted by Gasteiger charge is -2.31. The zero-order valence-corrected chi connectivity index (χ0v) is 5.95. The molecule has 0 rings (SSSR count). The standard InChI is InChI=1S/C6H14NO/c1-5(2,3)6(4,7)8/h7-8H,1-4H3. The molecule has 0 heterocycles. The molecule has 0 aromatic rings. The predicted octanol–water partition coefficient (Wildman–Crippen LogP) is 1.02. The molecule has 0 saturated carbocycles. The smallest absolute Gasteiger partial charge is 0.130 e.